The van der Waals surface area contributed by atoms with Crippen LogP contribution in [0, 0.1) is 0 Å². The number of aromatic amines is 1. The van der Waals surface area contributed by atoms with Gasteiger partial charge in [0, 0.05) is 24.4 Å². The second kappa shape index (κ2) is 12.0. The number of anilines is 1. The smallest absolute Gasteiger partial charge is 0.300 e. The molecular weight excluding hydrogens is 468 g/mol. The van der Waals surface area contributed by atoms with Crippen molar-refractivity contribution in [3.05, 3.63) is 96.8 Å². The summed E-state index contributed by atoms with van der Waals surface area (Å²) in [4.78, 5) is 22.6. The second-order valence-corrected chi connectivity index (χ2v) is 8.81. The van der Waals surface area contributed by atoms with E-state index in [-0.39, 0.29) is 5.91 Å². The van der Waals surface area contributed by atoms with Crippen LogP contribution < -0.4 is 15.4 Å². The van der Waals surface area contributed by atoms with Crippen molar-refractivity contribution in [3.63, 3.8) is 0 Å². The molecule has 0 atom stereocenters. The summed E-state index contributed by atoms with van der Waals surface area (Å²) in [6.45, 7) is 2.70. The van der Waals surface area contributed by atoms with Crippen molar-refractivity contribution in [2.75, 3.05) is 18.4 Å². The highest BCUT2D eigenvalue weighted by atomic mass is 16.5. The molecule has 8 heteroatoms. The summed E-state index contributed by atoms with van der Waals surface area (Å²) in [6.07, 6.45) is 5.17. The minimum atomic E-state index is -0.833. The number of aliphatic carboxylic acids is 1. The van der Waals surface area contributed by atoms with Crippen LogP contribution in [0.15, 0.2) is 91.3 Å². The molecule has 0 spiro atoms. The third-order valence-electron chi connectivity index (χ3n) is 6.25. The first-order valence-electron chi connectivity index (χ1n) is 12.1. The van der Waals surface area contributed by atoms with E-state index < -0.39 is 11.4 Å². The average Bonchev–Trinajstić information content (AvgIpc) is 3.46. The van der Waals surface area contributed by atoms with Crippen molar-refractivity contribution >= 4 is 17.6 Å². The average molecular weight is 499 g/mol. The molecule has 1 fully saturated rings. The highest BCUT2D eigenvalue weighted by Crippen LogP contribution is 2.36. The van der Waals surface area contributed by atoms with Gasteiger partial charge in [-0.25, -0.2) is 0 Å². The molecule has 190 valence electrons. The van der Waals surface area contributed by atoms with Crippen LogP contribution in [0.5, 0.6) is 11.5 Å². The van der Waals surface area contributed by atoms with E-state index in [1.54, 1.807) is 6.20 Å². The molecule has 0 saturated carbocycles. The number of ether oxygens (including phenoxy) is 1. The highest BCUT2D eigenvalue weighted by Gasteiger charge is 2.41. The highest BCUT2D eigenvalue weighted by molar-refractivity contribution is 5.99. The van der Waals surface area contributed by atoms with Gasteiger partial charge in [0.2, 0.25) is 5.91 Å². The topological polar surface area (TPSA) is 116 Å². The van der Waals surface area contributed by atoms with Crippen LogP contribution in [-0.4, -0.2) is 40.3 Å². The molecule has 8 nitrogen and oxygen atoms in total. The van der Waals surface area contributed by atoms with Crippen molar-refractivity contribution in [1.82, 2.24) is 15.5 Å². The molecule has 1 aliphatic rings. The zero-order valence-electron chi connectivity index (χ0n) is 20.6. The van der Waals surface area contributed by atoms with E-state index in [0.717, 1.165) is 66.7 Å². The molecule has 1 saturated heterocycles. The fourth-order valence-corrected chi connectivity index (χ4v) is 4.37. The van der Waals surface area contributed by atoms with Crippen LogP contribution in [0.1, 0.15) is 25.3 Å². The Labute approximate surface area is 215 Å². The van der Waals surface area contributed by atoms with Crippen LogP contribution >= 0.6 is 0 Å². The molecule has 2 heterocycles. The number of carbonyl (C=O) groups is 2. The Balaban J connectivity index is 0.000000747. The monoisotopic (exact) mass is 498 g/mol. The van der Waals surface area contributed by atoms with Gasteiger partial charge in [0.15, 0.2) is 0 Å². The van der Waals surface area contributed by atoms with E-state index in [2.05, 4.69) is 45.1 Å². The number of nitrogens with one attached hydrogen (secondary N) is 3. The predicted octanol–water partition coefficient (Wildman–Crippen LogP) is 5.22. The maximum atomic E-state index is 13.6. The summed E-state index contributed by atoms with van der Waals surface area (Å²) in [5, 5.41) is 20.8. The molecule has 0 aliphatic carbocycles. The van der Waals surface area contributed by atoms with Crippen LogP contribution in [0.3, 0.4) is 0 Å². The fourth-order valence-electron chi connectivity index (χ4n) is 4.37. The lowest BCUT2D eigenvalue weighted by Gasteiger charge is -2.37. The molecular formula is C29H30N4O4. The van der Waals surface area contributed by atoms with Crippen LogP contribution in [0.25, 0.3) is 11.1 Å². The van der Waals surface area contributed by atoms with Gasteiger partial charge in [-0.05, 0) is 73.5 Å². The second-order valence-electron chi connectivity index (χ2n) is 8.81. The number of benzene rings is 3. The van der Waals surface area contributed by atoms with E-state index in [4.69, 9.17) is 14.6 Å². The molecule has 1 amide bonds. The van der Waals surface area contributed by atoms with Crippen molar-refractivity contribution < 1.29 is 19.4 Å². The number of carboxylic acids is 1. The minimum absolute atomic E-state index is 0.0248. The summed E-state index contributed by atoms with van der Waals surface area (Å²) in [7, 11) is 0. The van der Waals surface area contributed by atoms with Crippen LogP contribution in [-0.2, 0) is 15.0 Å². The third kappa shape index (κ3) is 6.62. The number of piperidine rings is 1. The lowest BCUT2D eigenvalue weighted by Crippen LogP contribution is -2.48. The lowest BCUT2D eigenvalue weighted by molar-refractivity contribution is -0.134. The molecule has 4 aromatic rings. The Kier molecular flexibility index (Phi) is 8.33. The summed E-state index contributed by atoms with van der Waals surface area (Å²) < 4.78 is 5.86. The van der Waals surface area contributed by atoms with E-state index in [1.807, 2.05) is 60.8 Å². The van der Waals surface area contributed by atoms with Crippen LogP contribution in [0.2, 0.25) is 0 Å². The molecule has 37 heavy (non-hydrogen) atoms. The molecule has 3 aromatic carbocycles. The van der Waals surface area contributed by atoms with Gasteiger partial charge in [0.1, 0.15) is 11.5 Å². The third-order valence-corrected chi connectivity index (χ3v) is 6.25. The number of nitrogens with zero attached hydrogens (tertiary/aromatic N) is 1. The standard InChI is InChI=1S/C27H26N4O2.C2H4O2/c32-26(31-23-10-12-25(13-11-23)33-24-4-2-1-3-5-24)27(14-16-28-17-15-27)22-8-6-20(7-9-22)21-18-29-30-19-21;1-2(3)4/h1-13,18-19,28H,14-17H2,(H,29,30)(H,31,32);1H3,(H,3,4). The Hall–Kier alpha value is -4.43. The normalized spacial score (nSPS) is 14.1. The Morgan fingerprint density at radius 1 is 0.892 bits per heavy atom. The number of amides is 1. The molecule has 0 radical (unpaired) electrons. The first kappa shape index (κ1) is 25.7. The van der Waals surface area contributed by atoms with Crippen molar-refractivity contribution in [2.24, 2.45) is 0 Å². The first-order chi connectivity index (χ1) is 18.0. The number of H-pyrrole nitrogens is 1. The van der Waals surface area contributed by atoms with E-state index in [9.17, 15) is 4.79 Å². The van der Waals surface area contributed by atoms with Crippen molar-refractivity contribution in [1.29, 1.82) is 0 Å². The number of carboxylic acid groups (broad SMARTS) is 1. The number of hydrogen-bond donors (Lipinski definition) is 4. The first-order valence-corrected chi connectivity index (χ1v) is 12.1. The van der Waals surface area contributed by atoms with Crippen LogP contribution in [0.4, 0.5) is 5.69 Å². The van der Waals surface area contributed by atoms with E-state index in [1.165, 1.54) is 0 Å². The summed E-state index contributed by atoms with van der Waals surface area (Å²) >= 11 is 0. The van der Waals surface area contributed by atoms with Gasteiger partial charge in [-0.3, -0.25) is 14.7 Å². The molecule has 0 bridgehead atoms. The number of aromatic nitrogens is 2. The molecule has 0 unspecified atom stereocenters. The van der Waals surface area contributed by atoms with E-state index >= 15 is 0 Å². The molecule has 1 aromatic heterocycles. The lowest BCUT2D eigenvalue weighted by atomic mass is 9.72. The SMILES string of the molecule is CC(=O)O.O=C(Nc1ccc(Oc2ccccc2)cc1)C1(c2ccc(-c3cn[nH]c3)cc2)CCNCC1. The molecule has 4 N–H and O–H groups in total. The van der Waals surface area contributed by atoms with Gasteiger partial charge < -0.3 is 20.5 Å². The summed E-state index contributed by atoms with van der Waals surface area (Å²) in [5.74, 6) is 0.698. The van der Waals surface area contributed by atoms with Gasteiger partial charge in [-0.2, -0.15) is 5.10 Å². The minimum Gasteiger partial charge on any atom is -0.481 e. The van der Waals surface area contributed by atoms with Crippen molar-refractivity contribution in [2.45, 2.75) is 25.2 Å². The maximum Gasteiger partial charge on any atom is 0.300 e. The van der Waals surface area contributed by atoms with Gasteiger partial charge in [0.25, 0.3) is 5.97 Å². The summed E-state index contributed by atoms with van der Waals surface area (Å²) in [5.41, 5.74) is 3.33. The van der Waals surface area contributed by atoms with E-state index in [0.29, 0.717) is 0 Å². The Morgan fingerprint density at radius 2 is 1.51 bits per heavy atom. The van der Waals surface area contributed by atoms with Gasteiger partial charge in [-0.15, -0.1) is 0 Å². The predicted molar refractivity (Wildman–Crippen MR) is 143 cm³/mol. The van der Waals surface area contributed by atoms with Gasteiger partial charge in [-0.1, -0.05) is 42.5 Å². The van der Waals surface area contributed by atoms with Gasteiger partial charge >= 0.3 is 0 Å². The summed E-state index contributed by atoms with van der Waals surface area (Å²) in [6, 6.07) is 25.4. The number of para-hydroxylation sites is 1. The number of carbonyl (C=O) groups excluding carboxylic acids is 1. The number of hydrogen-bond acceptors (Lipinski definition) is 5. The number of rotatable bonds is 6. The molecule has 5 rings (SSSR count). The zero-order valence-corrected chi connectivity index (χ0v) is 20.6. The Bertz CT molecular complexity index is 1280. The fraction of sp³-hybridized carbons (Fsp3) is 0.207. The molecule has 1 aliphatic heterocycles. The van der Waals surface area contributed by atoms with Gasteiger partial charge in [0.05, 0.1) is 11.6 Å². The maximum absolute atomic E-state index is 13.6. The zero-order chi connectivity index (χ0) is 26.1. The quantitative estimate of drug-likeness (QED) is 0.290. The van der Waals surface area contributed by atoms with Crippen molar-refractivity contribution in [3.8, 4) is 22.6 Å². The Morgan fingerprint density at radius 3 is 2.11 bits per heavy atom. The largest absolute Gasteiger partial charge is 0.481 e.